The van der Waals surface area contributed by atoms with Crippen LogP contribution < -0.4 is 15.4 Å². The number of amides is 3. The quantitative estimate of drug-likeness (QED) is 0.351. The van der Waals surface area contributed by atoms with Gasteiger partial charge in [0.25, 0.3) is 5.91 Å². The summed E-state index contributed by atoms with van der Waals surface area (Å²) in [7, 11) is 1.53. The average molecular weight is 563 g/mol. The van der Waals surface area contributed by atoms with Crippen molar-refractivity contribution in [2.24, 2.45) is 5.92 Å². The Morgan fingerprint density at radius 3 is 2.44 bits per heavy atom. The number of aromatic nitrogens is 1. The topological polar surface area (TPSA) is 101 Å². The minimum atomic E-state index is -4.46. The van der Waals surface area contributed by atoms with E-state index in [2.05, 4.69) is 15.6 Å². The van der Waals surface area contributed by atoms with Crippen LogP contribution in [0, 0.1) is 5.92 Å². The number of rotatable bonds is 11. The van der Waals surface area contributed by atoms with Gasteiger partial charge >= 0.3 is 6.18 Å². The average Bonchev–Trinajstić information content (AvgIpc) is 3.32. The minimum Gasteiger partial charge on any atom is -0.497 e. The molecule has 0 bridgehead atoms. The second-order valence-electron chi connectivity index (χ2n) is 9.15. The molecule has 2 N–H and O–H groups in total. The monoisotopic (exact) mass is 562 g/mol. The first-order valence-corrected chi connectivity index (χ1v) is 12.9. The maximum atomic E-state index is 13.0. The van der Waals surface area contributed by atoms with Gasteiger partial charge in [-0.3, -0.25) is 14.4 Å². The van der Waals surface area contributed by atoms with Crippen molar-refractivity contribution in [1.82, 2.24) is 15.2 Å². The third kappa shape index (κ3) is 9.10. The number of anilines is 1. The molecule has 0 spiro atoms. The van der Waals surface area contributed by atoms with E-state index >= 15 is 0 Å². The summed E-state index contributed by atoms with van der Waals surface area (Å²) in [5, 5.41) is 7.10. The fourth-order valence-electron chi connectivity index (χ4n) is 3.64. The molecular weight excluding hydrogens is 533 g/mol. The number of nitrogens with zero attached hydrogens (tertiary/aromatic N) is 2. The summed E-state index contributed by atoms with van der Waals surface area (Å²) < 4.78 is 43.7. The van der Waals surface area contributed by atoms with Crippen LogP contribution in [-0.4, -0.2) is 47.8 Å². The van der Waals surface area contributed by atoms with E-state index in [-0.39, 0.29) is 36.5 Å². The van der Waals surface area contributed by atoms with Crippen LogP contribution in [0.15, 0.2) is 53.9 Å². The minimum absolute atomic E-state index is 0.0651. The summed E-state index contributed by atoms with van der Waals surface area (Å²) >= 11 is 1.12. The van der Waals surface area contributed by atoms with Crippen LogP contribution in [-0.2, 0) is 28.7 Å². The van der Waals surface area contributed by atoms with E-state index in [1.807, 2.05) is 13.8 Å². The second-order valence-corrected chi connectivity index (χ2v) is 10.0. The SMILES string of the molecule is COc1ccc(C(=O)N(CC(=O)Nc2nc(CC(=O)NCc3cccc(C(F)(F)F)c3)cs2)CC(C)C)cc1. The van der Waals surface area contributed by atoms with Crippen molar-refractivity contribution in [2.75, 3.05) is 25.5 Å². The fourth-order valence-corrected chi connectivity index (χ4v) is 4.37. The highest BCUT2D eigenvalue weighted by molar-refractivity contribution is 7.13. The van der Waals surface area contributed by atoms with Crippen LogP contribution in [0.1, 0.15) is 41.0 Å². The Labute approximate surface area is 228 Å². The number of thiazole rings is 1. The standard InChI is InChI=1S/C27H29F3N4O4S/c1-17(2)14-34(25(37)19-7-9-22(38-3)10-8-19)15-24(36)33-26-32-21(16-39-26)12-23(35)31-13-18-5-4-6-20(11-18)27(28,29)30/h4-11,16-17H,12-15H2,1-3H3,(H,31,35)(H,32,33,36). The molecule has 3 aromatic rings. The lowest BCUT2D eigenvalue weighted by Gasteiger charge is -2.24. The molecule has 12 heteroatoms. The number of benzene rings is 2. The summed E-state index contributed by atoms with van der Waals surface area (Å²) in [4.78, 5) is 43.7. The molecule has 39 heavy (non-hydrogen) atoms. The molecule has 1 heterocycles. The molecule has 3 amide bonds. The van der Waals surface area contributed by atoms with Crippen LogP contribution in [0.3, 0.4) is 0 Å². The summed E-state index contributed by atoms with van der Waals surface area (Å²) in [6.07, 6.45) is -4.57. The highest BCUT2D eigenvalue weighted by Gasteiger charge is 2.30. The fraction of sp³-hybridized carbons (Fsp3) is 0.333. The Kier molecular flexibility index (Phi) is 10.0. The van der Waals surface area contributed by atoms with Crippen molar-refractivity contribution in [1.29, 1.82) is 0 Å². The largest absolute Gasteiger partial charge is 0.497 e. The second kappa shape index (κ2) is 13.2. The zero-order valence-electron chi connectivity index (χ0n) is 21.7. The molecule has 0 aliphatic carbocycles. The highest BCUT2D eigenvalue weighted by atomic mass is 32.1. The molecule has 8 nitrogen and oxygen atoms in total. The summed E-state index contributed by atoms with van der Waals surface area (Å²) in [6.45, 7) is 4.00. The summed E-state index contributed by atoms with van der Waals surface area (Å²) in [6, 6.07) is 11.4. The first kappa shape index (κ1) is 29.6. The van der Waals surface area contributed by atoms with E-state index in [0.717, 1.165) is 23.5 Å². The van der Waals surface area contributed by atoms with Gasteiger partial charge in [-0.2, -0.15) is 13.2 Å². The molecule has 2 aromatic carbocycles. The molecule has 0 aliphatic rings. The molecule has 3 rings (SSSR count). The van der Waals surface area contributed by atoms with E-state index in [4.69, 9.17) is 4.74 Å². The zero-order valence-corrected chi connectivity index (χ0v) is 22.5. The van der Waals surface area contributed by atoms with E-state index in [0.29, 0.717) is 29.1 Å². The number of carbonyl (C=O) groups excluding carboxylic acids is 3. The number of halogens is 3. The predicted molar refractivity (Wildman–Crippen MR) is 141 cm³/mol. The number of ether oxygens (including phenoxy) is 1. The normalized spacial score (nSPS) is 11.3. The van der Waals surface area contributed by atoms with Crippen LogP contribution in [0.5, 0.6) is 5.75 Å². The number of carbonyl (C=O) groups is 3. The van der Waals surface area contributed by atoms with Gasteiger partial charge in [0.2, 0.25) is 11.8 Å². The number of methoxy groups -OCH3 is 1. The highest BCUT2D eigenvalue weighted by Crippen LogP contribution is 2.29. The van der Waals surface area contributed by atoms with Crippen molar-refractivity contribution in [3.05, 3.63) is 76.3 Å². The molecule has 208 valence electrons. The predicted octanol–water partition coefficient (Wildman–Crippen LogP) is 4.77. The lowest BCUT2D eigenvalue weighted by atomic mass is 10.1. The molecule has 1 aromatic heterocycles. The Hall–Kier alpha value is -3.93. The zero-order chi connectivity index (χ0) is 28.6. The van der Waals surface area contributed by atoms with Gasteiger partial charge in [0.1, 0.15) is 12.3 Å². The summed E-state index contributed by atoms with van der Waals surface area (Å²) in [5.41, 5.74) is 0.355. The van der Waals surface area contributed by atoms with Gasteiger partial charge in [0.15, 0.2) is 5.13 Å². The molecular formula is C27H29F3N4O4S. The lowest BCUT2D eigenvalue weighted by Crippen LogP contribution is -2.40. The van der Waals surface area contributed by atoms with Crippen LogP contribution in [0.2, 0.25) is 0 Å². The lowest BCUT2D eigenvalue weighted by molar-refractivity contribution is -0.137. The summed E-state index contributed by atoms with van der Waals surface area (Å²) in [5.74, 6) is -0.417. The molecule has 0 saturated carbocycles. The molecule has 0 unspecified atom stereocenters. The Balaban J connectivity index is 1.54. The molecule has 0 fully saturated rings. The third-order valence-corrected chi connectivity index (χ3v) is 6.23. The van der Waals surface area contributed by atoms with E-state index in [1.54, 1.807) is 29.6 Å². The van der Waals surface area contributed by atoms with Gasteiger partial charge in [0, 0.05) is 24.0 Å². The van der Waals surface area contributed by atoms with Crippen LogP contribution >= 0.6 is 11.3 Å². The molecule has 0 saturated heterocycles. The Bertz CT molecular complexity index is 1290. The maximum absolute atomic E-state index is 13.0. The van der Waals surface area contributed by atoms with Crippen molar-refractivity contribution >= 4 is 34.2 Å². The van der Waals surface area contributed by atoms with Gasteiger partial charge in [0.05, 0.1) is 24.8 Å². The Morgan fingerprint density at radius 2 is 1.79 bits per heavy atom. The van der Waals surface area contributed by atoms with Gasteiger partial charge in [-0.15, -0.1) is 11.3 Å². The van der Waals surface area contributed by atoms with Crippen molar-refractivity contribution in [3.63, 3.8) is 0 Å². The van der Waals surface area contributed by atoms with E-state index < -0.39 is 23.6 Å². The number of nitrogens with one attached hydrogen (secondary N) is 2. The molecule has 0 atom stereocenters. The number of alkyl halides is 3. The van der Waals surface area contributed by atoms with Crippen molar-refractivity contribution in [2.45, 2.75) is 33.0 Å². The number of hydrogen-bond donors (Lipinski definition) is 2. The first-order chi connectivity index (χ1) is 18.4. The van der Waals surface area contributed by atoms with Gasteiger partial charge < -0.3 is 20.3 Å². The van der Waals surface area contributed by atoms with Crippen molar-refractivity contribution in [3.8, 4) is 5.75 Å². The van der Waals surface area contributed by atoms with E-state index in [1.165, 1.54) is 24.1 Å². The third-order valence-electron chi connectivity index (χ3n) is 5.43. The Morgan fingerprint density at radius 1 is 1.08 bits per heavy atom. The van der Waals surface area contributed by atoms with Gasteiger partial charge in [-0.05, 0) is 47.9 Å². The first-order valence-electron chi connectivity index (χ1n) is 12.0. The molecule has 0 radical (unpaired) electrons. The van der Waals surface area contributed by atoms with Crippen molar-refractivity contribution < 1.29 is 32.3 Å². The maximum Gasteiger partial charge on any atom is 0.416 e. The van der Waals surface area contributed by atoms with Crippen LogP contribution in [0.4, 0.5) is 18.3 Å². The van der Waals surface area contributed by atoms with Crippen LogP contribution in [0.25, 0.3) is 0 Å². The number of hydrogen-bond acceptors (Lipinski definition) is 6. The van der Waals surface area contributed by atoms with Gasteiger partial charge in [-0.25, -0.2) is 4.98 Å². The van der Waals surface area contributed by atoms with E-state index in [9.17, 15) is 27.6 Å². The van der Waals surface area contributed by atoms with Gasteiger partial charge in [-0.1, -0.05) is 26.0 Å². The molecule has 0 aliphatic heterocycles. The smallest absolute Gasteiger partial charge is 0.416 e.